The van der Waals surface area contributed by atoms with Crippen molar-refractivity contribution in [1.82, 2.24) is 0 Å². The van der Waals surface area contributed by atoms with Crippen LogP contribution in [0.4, 0.5) is 4.39 Å². The first kappa shape index (κ1) is 14.1. The third-order valence-electron chi connectivity index (χ3n) is 2.06. The quantitative estimate of drug-likeness (QED) is 0.780. The summed E-state index contributed by atoms with van der Waals surface area (Å²) in [5.74, 6) is -5.09. The molecular formula is C10H10FNO5S. The highest BCUT2D eigenvalue weighted by Crippen LogP contribution is 2.14. The number of hydrogen-bond acceptors (Lipinski definition) is 4. The van der Waals surface area contributed by atoms with E-state index in [2.05, 4.69) is 0 Å². The number of halogens is 1. The fourth-order valence-electron chi connectivity index (χ4n) is 1.29. The van der Waals surface area contributed by atoms with Crippen molar-refractivity contribution in [3.63, 3.8) is 0 Å². The van der Waals surface area contributed by atoms with E-state index in [-0.39, 0.29) is 11.1 Å². The molecule has 1 aromatic carbocycles. The average Bonchev–Trinajstić information content (AvgIpc) is 2.18. The Labute approximate surface area is 102 Å². The molecule has 18 heavy (non-hydrogen) atoms. The lowest BCUT2D eigenvalue weighted by molar-refractivity contribution is -0.134. The lowest BCUT2D eigenvalue weighted by Gasteiger charge is -2.04. The molecule has 0 radical (unpaired) electrons. The van der Waals surface area contributed by atoms with Crippen LogP contribution >= 0.6 is 0 Å². The molecule has 0 heterocycles. The number of carboxylic acid groups (broad SMARTS) is 1. The van der Waals surface area contributed by atoms with Gasteiger partial charge in [0.15, 0.2) is 9.84 Å². The summed E-state index contributed by atoms with van der Waals surface area (Å²) in [6.07, 6.45) is 0. The van der Waals surface area contributed by atoms with Crippen LogP contribution in [0.2, 0.25) is 0 Å². The summed E-state index contributed by atoms with van der Waals surface area (Å²) in [6, 6.07) is 3.08. The molecule has 3 N–H and O–H groups in total. The number of carbonyl (C=O) groups excluding carboxylic acids is 1. The van der Waals surface area contributed by atoms with Gasteiger partial charge in [-0.2, -0.15) is 0 Å². The van der Waals surface area contributed by atoms with Crippen molar-refractivity contribution in [3.05, 3.63) is 35.1 Å². The fourth-order valence-corrected chi connectivity index (χ4v) is 2.48. The predicted molar refractivity (Wildman–Crippen MR) is 60.0 cm³/mol. The van der Waals surface area contributed by atoms with Crippen LogP contribution in [0, 0.1) is 5.82 Å². The zero-order chi connectivity index (χ0) is 13.9. The Morgan fingerprint density at radius 1 is 1.33 bits per heavy atom. The van der Waals surface area contributed by atoms with Crippen LogP contribution in [0.25, 0.3) is 0 Å². The Morgan fingerprint density at radius 2 is 1.94 bits per heavy atom. The van der Waals surface area contributed by atoms with Crippen LogP contribution in [0.15, 0.2) is 18.2 Å². The zero-order valence-electron chi connectivity index (χ0n) is 9.09. The topological polar surface area (TPSA) is 115 Å². The number of sulfone groups is 1. The summed E-state index contributed by atoms with van der Waals surface area (Å²) < 4.78 is 36.1. The van der Waals surface area contributed by atoms with E-state index < -0.39 is 39.0 Å². The van der Waals surface area contributed by atoms with Crippen LogP contribution in [-0.2, 0) is 20.4 Å². The summed E-state index contributed by atoms with van der Waals surface area (Å²) >= 11 is 0. The lowest BCUT2D eigenvalue weighted by Crippen LogP contribution is -2.18. The molecule has 0 aliphatic carbocycles. The monoisotopic (exact) mass is 275 g/mol. The average molecular weight is 275 g/mol. The van der Waals surface area contributed by atoms with Crippen molar-refractivity contribution in [3.8, 4) is 0 Å². The van der Waals surface area contributed by atoms with Gasteiger partial charge in [0, 0.05) is 11.1 Å². The first-order valence-corrected chi connectivity index (χ1v) is 6.54. The molecule has 0 saturated carbocycles. The Morgan fingerprint density at radius 3 is 2.39 bits per heavy atom. The van der Waals surface area contributed by atoms with Gasteiger partial charge in [-0.3, -0.25) is 9.59 Å². The van der Waals surface area contributed by atoms with Gasteiger partial charge in [-0.25, -0.2) is 12.8 Å². The predicted octanol–water partition coefficient (Wildman–Crippen LogP) is -0.0760. The van der Waals surface area contributed by atoms with E-state index in [9.17, 15) is 22.4 Å². The number of carboxylic acids is 1. The van der Waals surface area contributed by atoms with Crippen molar-refractivity contribution in [1.29, 1.82) is 0 Å². The van der Waals surface area contributed by atoms with Crippen molar-refractivity contribution in [2.24, 2.45) is 5.73 Å². The minimum absolute atomic E-state index is 0.0908. The number of rotatable bonds is 5. The molecule has 0 spiro atoms. The normalized spacial score (nSPS) is 11.2. The number of nitrogens with two attached hydrogens (primary N) is 1. The smallest absolute Gasteiger partial charge is 0.318 e. The first-order valence-electron chi connectivity index (χ1n) is 4.72. The van der Waals surface area contributed by atoms with E-state index in [0.29, 0.717) is 0 Å². The molecule has 0 aliphatic heterocycles. The van der Waals surface area contributed by atoms with E-state index in [0.717, 1.165) is 12.1 Å². The molecule has 0 unspecified atom stereocenters. The van der Waals surface area contributed by atoms with Gasteiger partial charge in [0.05, 0.1) is 5.75 Å². The van der Waals surface area contributed by atoms with E-state index in [1.54, 1.807) is 0 Å². The minimum atomic E-state index is -3.95. The first-order chi connectivity index (χ1) is 8.21. The second-order valence-electron chi connectivity index (χ2n) is 3.60. The molecule has 1 aromatic rings. The maximum atomic E-state index is 13.5. The summed E-state index contributed by atoms with van der Waals surface area (Å²) in [7, 11) is -3.95. The maximum Gasteiger partial charge on any atom is 0.318 e. The van der Waals surface area contributed by atoms with E-state index in [1.807, 2.05) is 0 Å². The number of carbonyl (C=O) groups is 2. The highest BCUT2D eigenvalue weighted by molar-refractivity contribution is 7.91. The van der Waals surface area contributed by atoms with Gasteiger partial charge < -0.3 is 10.8 Å². The molecule has 0 fully saturated rings. The standard InChI is InChI=1S/C10H10FNO5S/c11-8-3-6(10(12)15)1-2-7(8)4-18(16,17)5-9(13)14/h1-3H,4-5H2,(H2,12,15)(H,13,14). The number of benzene rings is 1. The lowest BCUT2D eigenvalue weighted by atomic mass is 10.1. The molecule has 0 saturated heterocycles. The molecule has 0 bridgehead atoms. The van der Waals surface area contributed by atoms with Crippen molar-refractivity contribution >= 4 is 21.7 Å². The molecule has 0 aliphatic rings. The van der Waals surface area contributed by atoms with E-state index in [1.165, 1.54) is 6.07 Å². The fraction of sp³-hybridized carbons (Fsp3) is 0.200. The molecule has 0 aromatic heterocycles. The van der Waals surface area contributed by atoms with E-state index in [4.69, 9.17) is 10.8 Å². The Bertz CT molecular complexity index is 596. The molecule has 98 valence electrons. The number of aliphatic carboxylic acids is 1. The van der Waals surface area contributed by atoms with Gasteiger partial charge in [0.2, 0.25) is 5.91 Å². The Hall–Kier alpha value is -1.96. The van der Waals surface area contributed by atoms with Gasteiger partial charge in [0.1, 0.15) is 11.6 Å². The maximum absolute atomic E-state index is 13.5. The van der Waals surface area contributed by atoms with Crippen LogP contribution in [0.5, 0.6) is 0 Å². The summed E-state index contributed by atoms with van der Waals surface area (Å²) in [6.45, 7) is 0. The van der Waals surface area contributed by atoms with Gasteiger partial charge in [-0.1, -0.05) is 6.07 Å². The Kier molecular flexibility index (Phi) is 4.02. The van der Waals surface area contributed by atoms with E-state index >= 15 is 0 Å². The van der Waals surface area contributed by atoms with Crippen molar-refractivity contribution in [2.75, 3.05) is 5.75 Å². The van der Waals surface area contributed by atoms with Gasteiger partial charge in [-0.05, 0) is 12.1 Å². The van der Waals surface area contributed by atoms with Crippen LogP contribution < -0.4 is 5.73 Å². The van der Waals surface area contributed by atoms with Gasteiger partial charge in [0.25, 0.3) is 0 Å². The SMILES string of the molecule is NC(=O)c1ccc(CS(=O)(=O)CC(=O)O)c(F)c1. The van der Waals surface area contributed by atoms with Crippen LogP contribution in [0.1, 0.15) is 15.9 Å². The molecule has 8 heteroatoms. The number of amides is 1. The second-order valence-corrected chi connectivity index (χ2v) is 5.66. The van der Waals surface area contributed by atoms with Crippen molar-refractivity contribution < 1.29 is 27.5 Å². The summed E-state index contributed by atoms with van der Waals surface area (Å²) in [5.41, 5.74) is 4.63. The summed E-state index contributed by atoms with van der Waals surface area (Å²) in [4.78, 5) is 21.1. The summed E-state index contributed by atoms with van der Waals surface area (Å²) in [5, 5.41) is 8.38. The number of hydrogen-bond donors (Lipinski definition) is 2. The van der Waals surface area contributed by atoms with Gasteiger partial charge in [-0.15, -0.1) is 0 Å². The van der Waals surface area contributed by atoms with Crippen LogP contribution in [0.3, 0.4) is 0 Å². The van der Waals surface area contributed by atoms with Crippen molar-refractivity contribution in [2.45, 2.75) is 5.75 Å². The number of primary amides is 1. The molecule has 0 atom stereocenters. The second kappa shape index (κ2) is 5.13. The molecule has 1 amide bonds. The zero-order valence-corrected chi connectivity index (χ0v) is 9.91. The highest BCUT2D eigenvalue weighted by atomic mass is 32.2. The van der Waals surface area contributed by atoms with Gasteiger partial charge >= 0.3 is 5.97 Å². The third-order valence-corrected chi connectivity index (χ3v) is 3.49. The van der Waals surface area contributed by atoms with Crippen LogP contribution in [-0.4, -0.2) is 31.2 Å². The largest absolute Gasteiger partial charge is 0.480 e. The highest BCUT2D eigenvalue weighted by Gasteiger charge is 2.19. The molecule has 1 rings (SSSR count). The Balaban J connectivity index is 2.99. The molecule has 6 nitrogen and oxygen atoms in total. The third kappa shape index (κ3) is 3.81. The minimum Gasteiger partial charge on any atom is -0.480 e. The molecular weight excluding hydrogens is 265 g/mol.